The third kappa shape index (κ3) is 3.01. The Bertz CT molecular complexity index is 502. The van der Waals surface area contributed by atoms with Gasteiger partial charge in [0.05, 0.1) is 18.1 Å². The number of piperidine rings is 1. The molecule has 1 fully saturated rings. The number of nitro benzene ring substituents is 1. The Morgan fingerprint density at radius 3 is 2.75 bits per heavy atom. The zero-order valence-corrected chi connectivity index (χ0v) is 12.0. The van der Waals surface area contributed by atoms with Crippen molar-refractivity contribution >= 4 is 5.69 Å². The van der Waals surface area contributed by atoms with Crippen LogP contribution in [0.15, 0.2) is 18.2 Å². The Balaban J connectivity index is 2.22. The molecule has 0 aliphatic carbocycles. The standard InChI is InChI=1S/C14H20N2O4/c1-14(2)9-15-7-6-13(14)20-11-5-4-10(16(17)18)8-12(11)19-3/h4-5,8,13,15H,6-7,9H2,1-3H3. The molecular weight excluding hydrogens is 260 g/mol. The summed E-state index contributed by atoms with van der Waals surface area (Å²) in [7, 11) is 1.49. The van der Waals surface area contributed by atoms with Gasteiger partial charge in [-0.05, 0) is 19.0 Å². The molecule has 1 aromatic carbocycles. The van der Waals surface area contributed by atoms with Crippen LogP contribution < -0.4 is 14.8 Å². The zero-order chi connectivity index (χ0) is 14.8. The molecule has 0 spiro atoms. The molecule has 0 aromatic heterocycles. The van der Waals surface area contributed by atoms with Gasteiger partial charge in [0.25, 0.3) is 5.69 Å². The summed E-state index contributed by atoms with van der Waals surface area (Å²) < 4.78 is 11.2. The minimum atomic E-state index is -0.444. The molecule has 110 valence electrons. The van der Waals surface area contributed by atoms with Crippen LogP contribution in [0, 0.1) is 15.5 Å². The Kier molecular flexibility index (Phi) is 4.13. The molecule has 20 heavy (non-hydrogen) atoms. The average Bonchev–Trinajstić information content (AvgIpc) is 2.41. The van der Waals surface area contributed by atoms with Gasteiger partial charge in [0.15, 0.2) is 11.5 Å². The van der Waals surface area contributed by atoms with Gasteiger partial charge >= 0.3 is 0 Å². The Hall–Kier alpha value is -1.82. The lowest BCUT2D eigenvalue weighted by molar-refractivity contribution is -0.385. The molecule has 1 aliphatic heterocycles. The average molecular weight is 280 g/mol. The molecule has 1 unspecified atom stereocenters. The van der Waals surface area contributed by atoms with E-state index in [0.717, 1.165) is 19.5 Å². The molecule has 6 heteroatoms. The van der Waals surface area contributed by atoms with E-state index in [1.807, 2.05) is 0 Å². The molecule has 1 N–H and O–H groups in total. The molecule has 1 atom stereocenters. The normalized spacial score (nSPS) is 21.2. The topological polar surface area (TPSA) is 73.6 Å². The summed E-state index contributed by atoms with van der Waals surface area (Å²) in [6.07, 6.45) is 0.951. The van der Waals surface area contributed by atoms with Gasteiger partial charge in [-0.2, -0.15) is 0 Å². The first kappa shape index (κ1) is 14.6. The third-order valence-electron chi connectivity index (χ3n) is 3.66. The summed E-state index contributed by atoms with van der Waals surface area (Å²) in [6, 6.07) is 4.43. The number of methoxy groups -OCH3 is 1. The predicted molar refractivity (Wildman–Crippen MR) is 75.3 cm³/mol. The van der Waals surface area contributed by atoms with Crippen molar-refractivity contribution in [3.05, 3.63) is 28.3 Å². The van der Waals surface area contributed by atoms with Gasteiger partial charge in [0.1, 0.15) is 6.10 Å². The lowest BCUT2D eigenvalue weighted by atomic mass is 9.82. The van der Waals surface area contributed by atoms with E-state index < -0.39 is 4.92 Å². The number of nitrogens with one attached hydrogen (secondary N) is 1. The zero-order valence-electron chi connectivity index (χ0n) is 12.0. The van der Waals surface area contributed by atoms with Gasteiger partial charge in [0, 0.05) is 18.0 Å². The van der Waals surface area contributed by atoms with Gasteiger partial charge in [-0.15, -0.1) is 0 Å². The van der Waals surface area contributed by atoms with E-state index in [0.29, 0.717) is 11.5 Å². The molecule has 6 nitrogen and oxygen atoms in total. The Morgan fingerprint density at radius 1 is 1.40 bits per heavy atom. The lowest BCUT2D eigenvalue weighted by Gasteiger charge is -2.39. The molecule has 1 aromatic rings. The fourth-order valence-corrected chi connectivity index (χ4v) is 2.39. The van der Waals surface area contributed by atoms with Crippen LogP contribution in [-0.2, 0) is 0 Å². The second-order valence-electron chi connectivity index (χ2n) is 5.65. The molecule has 1 heterocycles. The van der Waals surface area contributed by atoms with E-state index in [2.05, 4.69) is 19.2 Å². The number of nitro groups is 1. The minimum Gasteiger partial charge on any atom is -0.493 e. The first-order valence-corrected chi connectivity index (χ1v) is 6.64. The van der Waals surface area contributed by atoms with Crippen LogP contribution in [0.5, 0.6) is 11.5 Å². The molecule has 0 amide bonds. The summed E-state index contributed by atoms with van der Waals surface area (Å²) in [4.78, 5) is 10.3. The van der Waals surface area contributed by atoms with Crippen molar-refractivity contribution in [3.63, 3.8) is 0 Å². The summed E-state index contributed by atoms with van der Waals surface area (Å²) in [6.45, 7) is 6.07. The number of non-ortho nitro benzene ring substituents is 1. The number of hydrogen-bond acceptors (Lipinski definition) is 5. The highest BCUT2D eigenvalue weighted by Crippen LogP contribution is 2.36. The van der Waals surface area contributed by atoms with Gasteiger partial charge in [-0.25, -0.2) is 0 Å². The van der Waals surface area contributed by atoms with Gasteiger partial charge in [-0.3, -0.25) is 10.1 Å². The monoisotopic (exact) mass is 280 g/mol. The molecular formula is C14H20N2O4. The molecule has 0 radical (unpaired) electrons. The molecule has 0 bridgehead atoms. The van der Waals surface area contributed by atoms with Crippen LogP contribution in [0.1, 0.15) is 20.3 Å². The summed E-state index contributed by atoms with van der Waals surface area (Å²) in [5, 5.41) is 14.1. The van der Waals surface area contributed by atoms with Crippen molar-refractivity contribution in [2.24, 2.45) is 5.41 Å². The van der Waals surface area contributed by atoms with Crippen LogP contribution >= 0.6 is 0 Å². The maximum atomic E-state index is 10.8. The first-order chi connectivity index (χ1) is 9.44. The molecule has 1 aliphatic rings. The van der Waals surface area contributed by atoms with Crippen LogP contribution in [0.4, 0.5) is 5.69 Å². The minimum absolute atomic E-state index is 0.00114. The summed E-state index contributed by atoms with van der Waals surface area (Å²) in [5.74, 6) is 0.951. The van der Waals surface area contributed by atoms with Crippen molar-refractivity contribution in [1.82, 2.24) is 5.32 Å². The predicted octanol–water partition coefficient (Wildman–Crippen LogP) is 2.37. The van der Waals surface area contributed by atoms with Crippen LogP contribution in [0.3, 0.4) is 0 Å². The second kappa shape index (κ2) is 5.66. The number of hydrogen-bond donors (Lipinski definition) is 1. The van der Waals surface area contributed by atoms with Crippen molar-refractivity contribution < 1.29 is 14.4 Å². The maximum absolute atomic E-state index is 10.8. The van der Waals surface area contributed by atoms with Gasteiger partial charge in [0.2, 0.25) is 0 Å². The largest absolute Gasteiger partial charge is 0.493 e. The summed E-state index contributed by atoms with van der Waals surface area (Å²) in [5.41, 5.74) is 0.00386. The van der Waals surface area contributed by atoms with E-state index >= 15 is 0 Å². The van der Waals surface area contributed by atoms with Crippen molar-refractivity contribution in [2.75, 3.05) is 20.2 Å². The fourth-order valence-electron chi connectivity index (χ4n) is 2.39. The SMILES string of the molecule is COc1cc([N+](=O)[O-])ccc1OC1CCNCC1(C)C. The van der Waals surface area contributed by atoms with Crippen LogP contribution in [-0.4, -0.2) is 31.2 Å². The van der Waals surface area contributed by atoms with E-state index in [9.17, 15) is 10.1 Å². The third-order valence-corrected chi connectivity index (χ3v) is 3.66. The van der Waals surface area contributed by atoms with E-state index in [-0.39, 0.29) is 17.2 Å². The number of nitrogens with zero attached hydrogens (tertiary/aromatic N) is 1. The number of rotatable bonds is 4. The number of ether oxygens (including phenoxy) is 2. The Labute approximate surface area is 118 Å². The molecule has 1 saturated heterocycles. The highest BCUT2D eigenvalue weighted by Gasteiger charge is 2.34. The molecule has 2 rings (SSSR count). The maximum Gasteiger partial charge on any atom is 0.273 e. The lowest BCUT2D eigenvalue weighted by Crippen LogP contribution is -2.48. The van der Waals surface area contributed by atoms with Crippen LogP contribution in [0.25, 0.3) is 0 Å². The highest BCUT2D eigenvalue weighted by atomic mass is 16.6. The first-order valence-electron chi connectivity index (χ1n) is 6.64. The van der Waals surface area contributed by atoms with Gasteiger partial charge < -0.3 is 14.8 Å². The van der Waals surface area contributed by atoms with Crippen molar-refractivity contribution in [3.8, 4) is 11.5 Å². The number of benzene rings is 1. The Morgan fingerprint density at radius 2 is 2.15 bits per heavy atom. The van der Waals surface area contributed by atoms with E-state index in [1.165, 1.54) is 19.2 Å². The summed E-state index contributed by atoms with van der Waals surface area (Å²) >= 11 is 0. The van der Waals surface area contributed by atoms with Crippen LogP contribution in [0.2, 0.25) is 0 Å². The van der Waals surface area contributed by atoms with E-state index in [1.54, 1.807) is 6.07 Å². The highest BCUT2D eigenvalue weighted by molar-refractivity contribution is 5.48. The van der Waals surface area contributed by atoms with Crippen molar-refractivity contribution in [1.29, 1.82) is 0 Å². The second-order valence-corrected chi connectivity index (χ2v) is 5.65. The van der Waals surface area contributed by atoms with Crippen molar-refractivity contribution in [2.45, 2.75) is 26.4 Å². The van der Waals surface area contributed by atoms with Gasteiger partial charge in [-0.1, -0.05) is 13.8 Å². The quantitative estimate of drug-likeness (QED) is 0.677. The molecule has 0 saturated carbocycles. The fraction of sp³-hybridized carbons (Fsp3) is 0.571. The smallest absolute Gasteiger partial charge is 0.273 e. The van der Waals surface area contributed by atoms with E-state index in [4.69, 9.17) is 9.47 Å².